The summed E-state index contributed by atoms with van der Waals surface area (Å²) in [5.41, 5.74) is 1.72. The van der Waals surface area contributed by atoms with E-state index in [2.05, 4.69) is 10.4 Å². The lowest BCUT2D eigenvalue weighted by Crippen LogP contribution is -2.38. The average molecular weight is 304 g/mol. The van der Waals surface area contributed by atoms with E-state index in [0.29, 0.717) is 11.3 Å². The SMILES string of the molecule is Cc1csc([C@H]2CCCCN2C(=O)c2cc(C)oc2C)n1. The maximum atomic E-state index is 12.9. The van der Waals surface area contributed by atoms with E-state index < -0.39 is 0 Å². The van der Waals surface area contributed by atoms with Gasteiger partial charge in [0.05, 0.1) is 11.6 Å². The van der Waals surface area contributed by atoms with Gasteiger partial charge in [-0.25, -0.2) is 4.98 Å². The normalized spacial score (nSPS) is 19.0. The molecular formula is C16H20N2O2S. The van der Waals surface area contributed by atoms with E-state index in [9.17, 15) is 4.79 Å². The Morgan fingerprint density at radius 2 is 2.19 bits per heavy atom. The van der Waals surface area contributed by atoms with Crippen molar-refractivity contribution in [3.63, 3.8) is 0 Å². The number of furan rings is 1. The molecule has 1 fully saturated rings. The van der Waals surface area contributed by atoms with Crippen molar-refractivity contribution in [2.75, 3.05) is 6.54 Å². The molecule has 0 saturated carbocycles. The topological polar surface area (TPSA) is 46.3 Å². The fourth-order valence-corrected chi connectivity index (χ4v) is 3.90. The minimum absolute atomic E-state index is 0.0712. The maximum absolute atomic E-state index is 12.9. The highest BCUT2D eigenvalue weighted by Crippen LogP contribution is 2.34. The fourth-order valence-electron chi connectivity index (χ4n) is 2.95. The summed E-state index contributed by atoms with van der Waals surface area (Å²) >= 11 is 1.65. The number of carbonyl (C=O) groups excluding carboxylic acids is 1. The van der Waals surface area contributed by atoms with Crippen molar-refractivity contribution in [3.05, 3.63) is 39.2 Å². The van der Waals surface area contributed by atoms with Crippen LogP contribution in [0.5, 0.6) is 0 Å². The molecule has 5 heteroatoms. The predicted molar refractivity (Wildman–Crippen MR) is 82.7 cm³/mol. The molecule has 4 nitrogen and oxygen atoms in total. The van der Waals surface area contributed by atoms with Crippen LogP contribution in [0.1, 0.15) is 57.9 Å². The summed E-state index contributed by atoms with van der Waals surface area (Å²) in [6, 6.07) is 1.95. The van der Waals surface area contributed by atoms with Crippen molar-refractivity contribution in [2.45, 2.75) is 46.1 Å². The molecule has 0 aliphatic carbocycles. The second-order valence-electron chi connectivity index (χ2n) is 5.66. The number of carbonyl (C=O) groups is 1. The summed E-state index contributed by atoms with van der Waals surface area (Å²) in [4.78, 5) is 19.4. The molecule has 0 bridgehead atoms. The van der Waals surface area contributed by atoms with Crippen LogP contribution in [0, 0.1) is 20.8 Å². The number of hydrogen-bond acceptors (Lipinski definition) is 4. The van der Waals surface area contributed by atoms with Crippen molar-refractivity contribution in [3.8, 4) is 0 Å². The first-order chi connectivity index (χ1) is 10.1. The lowest BCUT2D eigenvalue weighted by molar-refractivity contribution is 0.0609. The number of aromatic nitrogens is 1. The van der Waals surface area contributed by atoms with E-state index in [1.54, 1.807) is 11.3 Å². The van der Waals surface area contributed by atoms with Gasteiger partial charge in [0.2, 0.25) is 0 Å². The largest absolute Gasteiger partial charge is 0.466 e. The van der Waals surface area contributed by atoms with Crippen LogP contribution in [0.3, 0.4) is 0 Å². The van der Waals surface area contributed by atoms with Gasteiger partial charge in [-0.05, 0) is 46.1 Å². The number of aryl methyl sites for hydroxylation is 3. The molecule has 1 atom stereocenters. The van der Waals surface area contributed by atoms with Crippen LogP contribution in [0.15, 0.2) is 15.9 Å². The number of thiazole rings is 1. The van der Waals surface area contributed by atoms with Crippen LogP contribution < -0.4 is 0 Å². The lowest BCUT2D eigenvalue weighted by atomic mass is 10.0. The smallest absolute Gasteiger partial charge is 0.257 e. The van der Waals surface area contributed by atoms with Crippen molar-refractivity contribution in [1.29, 1.82) is 0 Å². The van der Waals surface area contributed by atoms with Gasteiger partial charge in [0.1, 0.15) is 16.5 Å². The highest BCUT2D eigenvalue weighted by molar-refractivity contribution is 7.09. The number of piperidine rings is 1. The number of nitrogens with zero attached hydrogens (tertiary/aromatic N) is 2. The van der Waals surface area contributed by atoms with Crippen LogP contribution in [-0.2, 0) is 0 Å². The summed E-state index contributed by atoms with van der Waals surface area (Å²) < 4.78 is 5.51. The Bertz CT molecular complexity index is 659. The van der Waals surface area contributed by atoms with Crippen LogP contribution in [0.2, 0.25) is 0 Å². The monoisotopic (exact) mass is 304 g/mol. The predicted octanol–water partition coefficient (Wildman–Crippen LogP) is 4.03. The fraction of sp³-hybridized carbons (Fsp3) is 0.500. The molecule has 0 radical (unpaired) electrons. The Morgan fingerprint density at radius 3 is 2.81 bits per heavy atom. The number of rotatable bonds is 2. The second-order valence-corrected chi connectivity index (χ2v) is 6.55. The third kappa shape index (κ3) is 2.75. The number of amides is 1. The van der Waals surface area contributed by atoms with Gasteiger partial charge in [0.25, 0.3) is 5.91 Å². The van der Waals surface area contributed by atoms with Crippen LogP contribution >= 0.6 is 11.3 Å². The van der Waals surface area contributed by atoms with Crippen LogP contribution in [0.4, 0.5) is 0 Å². The van der Waals surface area contributed by atoms with Crippen molar-refractivity contribution < 1.29 is 9.21 Å². The summed E-state index contributed by atoms with van der Waals surface area (Å²) in [5, 5.41) is 3.11. The molecule has 2 aromatic rings. The quantitative estimate of drug-likeness (QED) is 0.841. The molecule has 21 heavy (non-hydrogen) atoms. The highest BCUT2D eigenvalue weighted by Gasteiger charge is 2.32. The van der Waals surface area contributed by atoms with Gasteiger partial charge in [-0.2, -0.15) is 0 Å². The molecule has 1 aliphatic heterocycles. The zero-order chi connectivity index (χ0) is 15.0. The van der Waals surface area contributed by atoms with Gasteiger partial charge in [-0.1, -0.05) is 0 Å². The Labute approximate surface area is 128 Å². The van der Waals surface area contributed by atoms with Gasteiger partial charge in [-0.3, -0.25) is 4.79 Å². The molecule has 0 spiro atoms. The van der Waals surface area contributed by atoms with Gasteiger partial charge in [0.15, 0.2) is 0 Å². The Balaban J connectivity index is 1.90. The first-order valence-electron chi connectivity index (χ1n) is 7.36. The van der Waals surface area contributed by atoms with Crippen molar-refractivity contribution in [1.82, 2.24) is 9.88 Å². The number of hydrogen-bond donors (Lipinski definition) is 0. The zero-order valence-corrected chi connectivity index (χ0v) is 13.5. The van der Waals surface area contributed by atoms with Gasteiger partial charge in [0, 0.05) is 17.6 Å². The average Bonchev–Trinajstić information content (AvgIpc) is 3.04. The van der Waals surface area contributed by atoms with Gasteiger partial charge in [-0.15, -0.1) is 11.3 Å². The zero-order valence-electron chi connectivity index (χ0n) is 12.7. The van der Waals surface area contributed by atoms with E-state index in [4.69, 9.17) is 4.42 Å². The van der Waals surface area contributed by atoms with E-state index in [1.807, 2.05) is 31.7 Å². The highest BCUT2D eigenvalue weighted by atomic mass is 32.1. The Morgan fingerprint density at radius 1 is 1.38 bits per heavy atom. The molecule has 0 N–H and O–H groups in total. The second kappa shape index (κ2) is 5.64. The van der Waals surface area contributed by atoms with Gasteiger partial charge >= 0.3 is 0 Å². The summed E-state index contributed by atoms with van der Waals surface area (Å²) in [6.45, 7) is 6.53. The molecule has 2 aromatic heterocycles. The molecule has 112 valence electrons. The third-order valence-electron chi connectivity index (χ3n) is 3.96. The maximum Gasteiger partial charge on any atom is 0.257 e. The lowest BCUT2D eigenvalue weighted by Gasteiger charge is -2.34. The minimum Gasteiger partial charge on any atom is -0.466 e. The summed E-state index contributed by atoms with van der Waals surface area (Å²) in [7, 11) is 0. The Hall–Kier alpha value is -1.62. The molecule has 1 aliphatic rings. The van der Waals surface area contributed by atoms with Crippen LogP contribution in [-0.4, -0.2) is 22.3 Å². The van der Waals surface area contributed by atoms with E-state index in [-0.39, 0.29) is 11.9 Å². The first kappa shape index (κ1) is 14.3. The minimum atomic E-state index is 0.0712. The molecule has 1 saturated heterocycles. The molecule has 1 amide bonds. The molecule has 3 heterocycles. The number of likely N-dealkylation sites (tertiary alicyclic amines) is 1. The van der Waals surface area contributed by atoms with E-state index in [0.717, 1.165) is 42.3 Å². The van der Waals surface area contributed by atoms with Gasteiger partial charge < -0.3 is 9.32 Å². The van der Waals surface area contributed by atoms with Crippen molar-refractivity contribution >= 4 is 17.2 Å². The molecule has 0 unspecified atom stereocenters. The molecule has 3 rings (SSSR count). The summed E-state index contributed by atoms with van der Waals surface area (Å²) in [6.07, 6.45) is 3.20. The Kier molecular flexibility index (Phi) is 3.85. The van der Waals surface area contributed by atoms with Crippen LogP contribution in [0.25, 0.3) is 0 Å². The van der Waals surface area contributed by atoms with Crippen molar-refractivity contribution in [2.24, 2.45) is 0 Å². The summed E-state index contributed by atoms with van der Waals surface area (Å²) in [5.74, 6) is 1.56. The third-order valence-corrected chi connectivity index (χ3v) is 5.02. The first-order valence-corrected chi connectivity index (χ1v) is 8.24. The standard InChI is InChI=1S/C16H20N2O2S/c1-10-9-21-15(17-10)14-6-4-5-7-18(14)16(19)13-8-11(2)20-12(13)3/h8-9,14H,4-7H2,1-3H3/t14-/m1/s1. The molecule has 0 aromatic carbocycles. The van der Waals surface area contributed by atoms with E-state index >= 15 is 0 Å². The molecular weight excluding hydrogens is 284 g/mol. The van der Waals surface area contributed by atoms with E-state index in [1.165, 1.54) is 0 Å².